The third-order valence-electron chi connectivity index (χ3n) is 5.27. The number of aromatic nitrogens is 3. The normalized spacial score (nSPS) is 14.7. The van der Waals surface area contributed by atoms with Crippen LogP contribution in [0.2, 0.25) is 5.02 Å². The van der Waals surface area contributed by atoms with Crippen molar-refractivity contribution in [1.29, 1.82) is 0 Å². The number of nitrogens with zero attached hydrogens (tertiary/aromatic N) is 5. The van der Waals surface area contributed by atoms with E-state index >= 15 is 0 Å². The Hall–Kier alpha value is -2.90. The van der Waals surface area contributed by atoms with E-state index in [9.17, 15) is 4.79 Å². The summed E-state index contributed by atoms with van der Waals surface area (Å²) in [6.45, 7) is 5.58. The molecule has 30 heavy (non-hydrogen) atoms. The van der Waals surface area contributed by atoms with E-state index in [0.29, 0.717) is 29.6 Å². The molecule has 156 valence electrons. The molecule has 0 spiro atoms. The zero-order valence-corrected chi connectivity index (χ0v) is 17.8. The lowest BCUT2D eigenvalue weighted by molar-refractivity contribution is 0.0616. The van der Waals surface area contributed by atoms with Gasteiger partial charge in [0.1, 0.15) is 11.6 Å². The van der Waals surface area contributed by atoms with Gasteiger partial charge < -0.3 is 9.64 Å². The molecule has 1 amide bonds. The Labute approximate surface area is 180 Å². The van der Waals surface area contributed by atoms with Crippen molar-refractivity contribution in [2.24, 2.45) is 0 Å². The summed E-state index contributed by atoms with van der Waals surface area (Å²) in [5, 5.41) is 4.99. The number of carbonyl (C=O) groups is 1. The second-order valence-corrected chi connectivity index (χ2v) is 7.67. The fraction of sp³-hybridized carbons (Fsp3) is 0.318. The van der Waals surface area contributed by atoms with Gasteiger partial charge in [0.2, 0.25) is 5.82 Å². The molecule has 3 aromatic rings. The number of hydrogen-bond acceptors (Lipinski definition) is 5. The number of aryl methyl sites for hydroxylation is 1. The van der Waals surface area contributed by atoms with E-state index in [1.807, 2.05) is 42.2 Å². The molecule has 1 aliphatic heterocycles. The van der Waals surface area contributed by atoms with E-state index in [0.717, 1.165) is 25.4 Å². The lowest BCUT2D eigenvalue weighted by Gasteiger charge is -2.34. The topological polar surface area (TPSA) is 63.5 Å². The molecule has 1 aliphatic rings. The Morgan fingerprint density at radius 2 is 1.77 bits per heavy atom. The van der Waals surface area contributed by atoms with Gasteiger partial charge in [-0.15, -0.1) is 5.10 Å². The minimum Gasteiger partial charge on any atom is -0.497 e. The predicted octanol–water partition coefficient (Wildman–Crippen LogP) is 3.20. The minimum atomic E-state index is -0.145. The highest BCUT2D eigenvalue weighted by Crippen LogP contribution is 2.21. The molecular formula is C22H24ClN5O2. The summed E-state index contributed by atoms with van der Waals surface area (Å²) in [4.78, 5) is 21.5. The molecule has 0 bridgehead atoms. The van der Waals surface area contributed by atoms with Gasteiger partial charge in [-0.2, -0.15) is 0 Å². The van der Waals surface area contributed by atoms with Crippen LogP contribution in [-0.2, 0) is 6.54 Å². The van der Waals surface area contributed by atoms with Gasteiger partial charge in [0.05, 0.1) is 17.8 Å². The van der Waals surface area contributed by atoms with E-state index in [-0.39, 0.29) is 11.7 Å². The number of para-hydroxylation sites is 1. The molecule has 8 heteroatoms. The van der Waals surface area contributed by atoms with Crippen LogP contribution >= 0.6 is 11.6 Å². The standard InChI is InChI=1S/C22H24ClN5O2/c1-16-24-21(25-28(16)20-6-4-3-5-19(20)23)22(29)27-13-11-26(12-14-27)15-17-7-9-18(30-2)10-8-17/h3-10H,11-15H2,1-2H3. The van der Waals surface area contributed by atoms with Crippen molar-refractivity contribution in [3.63, 3.8) is 0 Å². The summed E-state index contributed by atoms with van der Waals surface area (Å²) in [5.74, 6) is 1.54. The largest absolute Gasteiger partial charge is 0.497 e. The summed E-state index contributed by atoms with van der Waals surface area (Å²) in [6.07, 6.45) is 0. The molecule has 0 saturated carbocycles. The van der Waals surface area contributed by atoms with E-state index < -0.39 is 0 Å². The molecule has 1 saturated heterocycles. The second-order valence-electron chi connectivity index (χ2n) is 7.26. The predicted molar refractivity (Wildman–Crippen MR) is 115 cm³/mol. The van der Waals surface area contributed by atoms with Crippen LogP contribution in [0.4, 0.5) is 0 Å². The molecule has 0 atom stereocenters. The zero-order valence-electron chi connectivity index (χ0n) is 17.1. The zero-order chi connectivity index (χ0) is 21.1. The van der Waals surface area contributed by atoms with Gasteiger partial charge in [-0.25, -0.2) is 9.67 Å². The van der Waals surface area contributed by atoms with Gasteiger partial charge in [-0.3, -0.25) is 9.69 Å². The van der Waals surface area contributed by atoms with Gasteiger partial charge in [-0.05, 0) is 36.8 Å². The molecule has 0 unspecified atom stereocenters. The molecule has 4 rings (SSSR count). The number of rotatable bonds is 5. The van der Waals surface area contributed by atoms with Crippen LogP contribution in [0.15, 0.2) is 48.5 Å². The number of piperazine rings is 1. The number of carbonyl (C=O) groups excluding carboxylic acids is 1. The molecular weight excluding hydrogens is 402 g/mol. The monoisotopic (exact) mass is 425 g/mol. The van der Waals surface area contributed by atoms with Gasteiger partial charge in [0.15, 0.2) is 0 Å². The third-order valence-corrected chi connectivity index (χ3v) is 5.59. The number of benzene rings is 2. The Balaban J connectivity index is 1.38. The first-order valence-corrected chi connectivity index (χ1v) is 10.3. The Morgan fingerprint density at radius 3 is 2.43 bits per heavy atom. The Kier molecular flexibility index (Phi) is 6.01. The quantitative estimate of drug-likeness (QED) is 0.628. The molecule has 7 nitrogen and oxygen atoms in total. The maximum absolute atomic E-state index is 12.9. The van der Waals surface area contributed by atoms with Crippen LogP contribution in [0.25, 0.3) is 5.69 Å². The van der Waals surface area contributed by atoms with E-state index in [4.69, 9.17) is 16.3 Å². The fourth-order valence-electron chi connectivity index (χ4n) is 3.57. The molecule has 0 aliphatic carbocycles. The van der Waals surface area contributed by atoms with Crippen molar-refractivity contribution in [3.8, 4) is 11.4 Å². The number of amides is 1. The highest BCUT2D eigenvalue weighted by Gasteiger charge is 2.26. The van der Waals surface area contributed by atoms with E-state index in [1.165, 1.54) is 5.56 Å². The molecule has 2 aromatic carbocycles. The minimum absolute atomic E-state index is 0.145. The van der Waals surface area contributed by atoms with Crippen LogP contribution in [0, 0.1) is 6.92 Å². The molecule has 1 fully saturated rings. The van der Waals surface area contributed by atoms with E-state index in [1.54, 1.807) is 17.9 Å². The van der Waals surface area contributed by atoms with Crippen LogP contribution in [0.3, 0.4) is 0 Å². The van der Waals surface area contributed by atoms with Crippen molar-refractivity contribution in [3.05, 3.63) is 70.8 Å². The summed E-state index contributed by atoms with van der Waals surface area (Å²) in [7, 11) is 1.67. The first-order valence-electron chi connectivity index (χ1n) is 9.88. The van der Waals surface area contributed by atoms with Gasteiger partial charge in [0.25, 0.3) is 5.91 Å². The van der Waals surface area contributed by atoms with Gasteiger partial charge >= 0.3 is 0 Å². The van der Waals surface area contributed by atoms with Crippen LogP contribution in [0.5, 0.6) is 5.75 Å². The summed E-state index contributed by atoms with van der Waals surface area (Å²) < 4.78 is 6.83. The number of ether oxygens (including phenoxy) is 1. The van der Waals surface area contributed by atoms with Crippen molar-refractivity contribution in [2.75, 3.05) is 33.3 Å². The Bertz CT molecular complexity index is 1030. The molecule has 1 aromatic heterocycles. The summed E-state index contributed by atoms with van der Waals surface area (Å²) in [6, 6.07) is 15.5. The Morgan fingerprint density at radius 1 is 1.07 bits per heavy atom. The number of halogens is 1. The molecule has 0 radical (unpaired) electrons. The van der Waals surface area contributed by atoms with Crippen molar-refractivity contribution < 1.29 is 9.53 Å². The summed E-state index contributed by atoms with van der Waals surface area (Å²) >= 11 is 6.27. The average Bonchev–Trinajstić information content (AvgIpc) is 3.16. The maximum atomic E-state index is 12.9. The van der Waals surface area contributed by atoms with Crippen molar-refractivity contribution in [1.82, 2.24) is 24.6 Å². The first kappa shape index (κ1) is 20.4. The molecule has 0 N–H and O–H groups in total. The van der Waals surface area contributed by atoms with Gasteiger partial charge in [0, 0.05) is 32.7 Å². The first-order chi connectivity index (χ1) is 14.5. The molecule has 2 heterocycles. The van der Waals surface area contributed by atoms with E-state index in [2.05, 4.69) is 27.1 Å². The smallest absolute Gasteiger partial charge is 0.293 e. The van der Waals surface area contributed by atoms with Crippen molar-refractivity contribution in [2.45, 2.75) is 13.5 Å². The SMILES string of the molecule is COc1ccc(CN2CCN(C(=O)c3nc(C)n(-c4ccccc4Cl)n3)CC2)cc1. The van der Waals surface area contributed by atoms with Crippen LogP contribution in [0.1, 0.15) is 22.0 Å². The van der Waals surface area contributed by atoms with Crippen LogP contribution < -0.4 is 4.74 Å². The number of hydrogen-bond donors (Lipinski definition) is 0. The summed E-state index contributed by atoms with van der Waals surface area (Å²) in [5.41, 5.74) is 1.94. The van der Waals surface area contributed by atoms with Crippen LogP contribution in [-0.4, -0.2) is 63.8 Å². The highest BCUT2D eigenvalue weighted by molar-refractivity contribution is 6.32. The third kappa shape index (κ3) is 4.32. The lowest BCUT2D eigenvalue weighted by Crippen LogP contribution is -2.48. The number of methoxy groups -OCH3 is 1. The maximum Gasteiger partial charge on any atom is 0.293 e. The average molecular weight is 426 g/mol. The van der Waals surface area contributed by atoms with Gasteiger partial charge in [-0.1, -0.05) is 35.9 Å². The lowest BCUT2D eigenvalue weighted by atomic mass is 10.2. The fourth-order valence-corrected chi connectivity index (χ4v) is 3.79. The second kappa shape index (κ2) is 8.85. The van der Waals surface area contributed by atoms with Crippen molar-refractivity contribution >= 4 is 17.5 Å². The highest BCUT2D eigenvalue weighted by atomic mass is 35.5.